The summed E-state index contributed by atoms with van der Waals surface area (Å²) < 4.78 is 2.52. The van der Waals surface area contributed by atoms with Crippen LogP contribution in [0.1, 0.15) is 59.9 Å². The zero-order valence-electron chi connectivity index (χ0n) is 14.4. The van der Waals surface area contributed by atoms with Crippen molar-refractivity contribution < 1.29 is 9.90 Å². The van der Waals surface area contributed by atoms with Gasteiger partial charge in [0.25, 0.3) is 0 Å². The molecule has 1 heterocycles. The third-order valence-electron chi connectivity index (χ3n) is 4.83. The van der Waals surface area contributed by atoms with Gasteiger partial charge in [-0.15, -0.1) is 0 Å². The van der Waals surface area contributed by atoms with Gasteiger partial charge < -0.3 is 9.34 Å². The number of carboxylic acids is 1. The number of aromatic nitrogens is 1. The van der Waals surface area contributed by atoms with Crippen molar-refractivity contribution in [3.05, 3.63) is 24.0 Å². The summed E-state index contributed by atoms with van der Waals surface area (Å²) in [6.07, 6.45) is 6.36. The van der Waals surface area contributed by atoms with Gasteiger partial charge in [-0.3, -0.25) is 4.79 Å². The minimum Gasteiger partial charge on any atom is -0.481 e. The average molecular weight is 310 g/mol. The Bertz CT molecular complexity index is 441. The molecule has 0 aromatic carbocycles. The lowest BCUT2D eigenvalue weighted by molar-refractivity contribution is -0.137. The van der Waals surface area contributed by atoms with Crippen molar-refractivity contribution in [2.24, 2.45) is 0 Å². The van der Waals surface area contributed by atoms with Crippen molar-refractivity contribution in [2.45, 2.75) is 77.4 Å². The van der Waals surface area contributed by atoms with E-state index in [9.17, 15) is 4.79 Å². The Kier molecular flexibility index (Phi) is 6.26. The van der Waals surface area contributed by atoms with Crippen molar-refractivity contribution in [1.82, 2.24) is 4.23 Å². The minimum atomic E-state index is -1.64. The van der Waals surface area contributed by atoms with E-state index in [0.29, 0.717) is 16.6 Å². The van der Waals surface area contributed by atoms with E-state index in [1.54, 1.807) is 0 Å². The van der Waals surface area contributed by atoms with Crippen LogP contribution in [0.25, 0.3) is 0 Å². The first kappa shape index (κ1) is 18.0. The lowest BCUT2D eigenvalue weighted by Gasteiger charge is -2.44. The highest BCUT2D eigenvalue weighted by Gasteiger charge is 2.44. The predicted octanol–water partition coefficient (Wildman–Crippen LogP) is 4.92. The third kappa shape index (κ3) is 3.79. The number of aryl methyl sites for hydroxylation is 1. The molecular weight excluding hydrogens is 278 g/mol. The van der Waals surface area contributed by atoms with Gasteiger partial charge in [0.1, 0.15) is 0 Å². The second-order valence-electron chi connectivity index (χ2n) is 7.03. The van der Waals surface area contributed by atoms with Gasteiger partial charge in [-0.25, -0.2) is 0 Å². The number of aliphatic carboxylic acids is 1. The molecule has 0 aliphatic heterocycles. The Morgan fingerprint density at radius 2 is 1.67 bits per heavy atom. The van der Waals surface area contributed by atoms with E-state index < -0.39 is 14.2 Å². The van der Waals surface area contributed by atoms with Gasteiger partial charge in [-0.2, -0.15) is 0 Å². The van der Waals surface area contributed by atoms with Gasteiger partial charge in [0.05, 0.1) is 0 Å². The number of carbonyl (C=O) groups is 1. The second kappa shape index (κ2) is 7.30. The van der Waals surface area contributed by atoms with Crippen LogP contribution in [-0.2, 0) is 11.2 Å². The average Bonchev–Trinajstić information content (AvgIpc) is 2.76. The van der Waals surface area contributed by atoms with E-state index in [2.05, 4.69) is 64.2 Å². The quantitative estimate of drug-likeness (QED) is 0.693. The van der Waals surface area contributed by atoms with Gasteiger partial charge in [0, 0.05) is 6.42 Å². The maximum absolute atomic E-state index is 10.6. The molecule has 0 saturated heterocycles. The van der Waals surface area contributed by atoms with E-state index in [1.807, 2.05) is 0 Å². The number of rotatable bonds is 8. The zero-order valence-corrected chi connectivity index (χ0v) is 15.4. The van der Waals surface area contributed by atoms with Gasteiger partial charge in [-0.1, -0.05) is 41.5 Å². The Hall–Kier alpha value is -1.03. The highest BCUT2D eigenvalue weighted by molar-refractivity contribution is 6.82. The van der Waals surface area contributed by atoms with Crippen molar-refractivity contribution in [3.63, 3.8) is 0 Å². The molecule has 0 radical (unpaired) electrons. The molecule has 0 fully saturated rings. The summed E-state index contributed by atoms with van der Waals surface area (Å²) in [5.74, 6) is -0.704. The van der Waals surface area contributed by atoms with Crippen LogP contribution in [0.5, 0.6) is 0 Å². The van der Waals surface area contributed by atoms with Gasteiger partial charge in [0.2, 0.25) is 0 Å². The number of carboxylic acid groups (broad SMARTS) is 1. The summed E-state index contributed by atoms with van der Waals surface area (Å²) in [6, 6.07) is 2.18. The first-order valence-electron chi connectivity index (χ1n) is 8.12. The van der Waals surface area contributed by atoms with Crippen LogP contribution in [-0.4, -0.2) is 23.5 Å². The van der Waals surface area contributed by atoms with E-state index >= 15 is 0 Å². The van der Waals surface area contributed by atoms with E-state index in [1.165, 1.54) is 5.56 Å². The Labute approximate surface area is 130 Å². The molecule has 1 N–H and O–H groups in total. The molecule has 0 aliphatic carbocycles. The molecule has 0 saturated carbocycles. The molecule has 4 heteroatoms. The van der Waals surface area contributed by atoms with Crippen molar-refractivity contribution >= 4 is 14.2 Å². The highest BCUT2D eigenvalue weighted by Crippen LogP contribution is 2.42. The normalized spacial score (nSPS) is 12.6. The zero-order chi connectivity index (χ0) is 16.2. The minimum absolute atomic E-state index is 0.256. The lowest BCUT2D eigenvalue weighted by atomic mass is 10.1. The summed E-state index contributed by atoms with van der Waals surface area (Å²) in [5.41, 5.74) is 3.31. The molecule has 1 aromatic rings. The number of hydrogen-bond donors (Lipinski definition) is 1. The molecule has 0 amide bonds. The molecule has 0 atom stereocenters. The first-order chi connectivity index (χ1) is 9.72. The van der Waals surface area contributed by atoms with Crippen LogP contribution < -0.4 is 0 Å². The van der Waals surface area contributed by atoms with E-state index in [0.717, 1.165) is 12.8 Å². The predicted molar refractivity (Wildman–Crippen MR) is 91.5 cm³/mol. The highest BCUT2D eigenvalue weighted by atomic mass is 28.3. The Morgan fingerprint density at radius 3 is 2.10 bits per heavy atom. The van der Waals surface area contributed by atoms with E-state index in [4.69, 9.17) is 5.11 Å². The Morgan fingerprint density at radius 1 is 1.14 bits per heavy atom. The van der Waals surface area contributed by atoms with Gasteiger partial charge in [0.15, 0.2) is 8.24 Å². The summed E-state index contributed by atoms with van der Waals surface area (Å²) in [7, 11) is -1.64. The SMILES string of the molecule is CC(C)[Si](C(C)C)(C(C)C)n1ccc(CCCC(=O)O)c1. The van der Waals surface area contributed by atoms with Gasteiger partial charge in [-0.05, 0) is 53.5 Å². The molecule has 0 bridgehead atoms. The number of nitrogens with zero attached hydrogens (tertiary/aromatic N) is 1. The van der Waals surface area contributed by atoms with Crippen LogP contribution >= 0.6 is 0 Å². The Balaban J connectivity index is 3.00. The topological polar surface area (TPSA) is 42.2 Å². The lowest BCUT2D eigenvalue weighted by Crippen LogP contribution is -2.51. The molecule has 1 aromatic heterocycles. The molecule has 1 rings (SSSR count). The molecule has 21 heavy (non-hydrogen) atoms. The van der Waals surface area contributed by atoms with Crippen molar-refractivity contribution in [2.75, 3.05) is 0 Å². The monoisotopic (exact) mass is 309 g/mol. The maximum Gasteiger partial charge on any atom is 0.303 e. The maximum atomic E-state index is 10.6. The summed E-state index contributed by atoms with van der Waals surface area (Å²) in [4.78, 5) is 10.6. The molecule has 3 nitrogen and oxygen atoms in total. The fourth-order valence-electron chi connectivity index (χ4n) is 4.17. The van der Waals surface area contributed by atoms with Crippen LogP contribution in [0.2, 0.25) is 16.6 Å². The number of hydrogen-bond acceptors (Lipinski definition) is 1. The van der Waals surface area contributed by atoms with Crippen molar-refractivity contribution in [1.29, 1.82) is 0 Å². The molecule has 0 unspecified atom stereocenters. The van der Waals surface area contributed by atoms with E-state index in [-0.39, 0.29) is 6.42 Å². The molecule has 0 spiro atoms. The fourth-order valence-corrected chi connectivity index (χ4v) is 10.7. The summed E-state index contributed by atoms with van der Waals surface area (Å²) >= 11 is 0. The summed E-state index contributed by atoms with van der Waals surface area (Å²) in [6.45, 7) is 14.1. The first-order valence-corrected chi connectivity index (χ1v) is 10.3. The molecule has 0 aliphatic rings. The smallest absolute Gasteiger partial charge is 0.303 e. The second-order valence-corrected chi connectivity index (χ2v) is 12.8. The summed E-state index contributed by atoms with van der Waals surface area (Å²) in [5, 5.41) is 8.75. The van der Waals surface area contributed by atoms with Crippen LogP contribution in [0.15, 0.2) is 18.5 Å². The van der Waals surface area contributed by atoms with Crippen LogP contribution in [0.4, 0.5) is 0 Å². The van der Waals surface area contributed by atoms with Crippen molar-refractivity contribution in [3.8, 4) is 0 Å². The standard InChI is InChI=1S/C17H31NO2Si/c1-13(2)21(14(3)4,15(5)6)18-11-10-16(12-18)8-7-9-17(19)20/h10-15H,7-9H2,1-6H3,(H,19,20). The van der Waals surface area contributed by atoms with Crippen LogP contribution in [0, 0.1) is 0 Å². The molecular formula is C17H31NO2Si. The molecule has 120 valence electrons. The van der Waals surface area contributed by atoms with Crippen LogP contribution in [0.3, 0.4) is 0 Å². The largest absolute Gasteiger partial charge is 0.481 e. The fraction of sp³-hybridized carbons (Fsp3) is 0.706. The third-order valence-corrected chi connectivity index (χ3v) is 11.6. The van der Waals surface area contributed by atoms with Gasteiger partial charge >= 0.3 is 5.97 Å².